The molecule has 5 nitrogen and oxygen atoms in total. The SMILES string of the molecule is CCCCCC#CC(CS(=O)(=O)N1CCC(c2ccc(C)cc2)CC1)NO. The van der Waals surface area contributed by atoms with E-state index < -0.39 is 16.1 Å². The maximum Gasteiger partial charge on any atom is 0.216 e. The quantitative estimate of drug-likeness (QED) is 0.404. The third-order valence-electron chi connectivity index (χ3n) is 5.11. The van der Waals surface area contributed by atoms with Gasteiger partial charge < -0.3 is 5.21 Å². The third-order valence-corrected chi connectivity index (χ3v) is 7.02. The zero-order valence-corrected chi connectivity index (χ0v) is 17.3. The highest BCUT2D eigenvalue weighted by Crippen LogP contribution is 2.29. The molecule has 0 aromatic heterocycles. The minimum Gasteiger partial charge on any atom is -0.316 e. The van der Waals surface area contributed by atoms with E-state index in [1.54, 1.807) is 4.31 Å². The van der Waals surface area contributed by atoms with Crippen molar-refractivity contribution in [2.45, 2.75) is 64.3 Å². The molecule has 2 N–H and O–H groups in total. The van der Waals surface area contributed by atoms with E-state index >= 15 is 0 Å². The van der Waals surface area contributed by atoms with E-state index in [1.807, 2.05) is 5.48 Å². The summed E-state index contributed by atoms with van der Waals surface area (Å²) in [7, 11) is -3.45. The molecule has 150 valence electrons. The summed E-state index contributed by atoms with van der Waals surface area (Å²) in [6.07, 6.45) is 5.61. The van der Waals surface area contributed by atoms with E-state index in [2.05, 4.69) is 50.0 Å². The molecule has 2 rings (SSSR count). The molecule has 1 unspecified atom stereocenters. The van der Waals surface area contributed by atoms with Gasteiger partial charge in [-0.2, -0.15) is 5.48 Å². The molecule has 0 saturated carbocycles. The van der Waals surface area contributed by atoms with Crippen molar-refractivity contribution in [1.82, 2.24) is 9.79 Å². The minimum absolute atomic E-state index is 0.195. The normalized spacial score (nSPS) is 17.3. The fourth-order valence-corrected chi connectivity index (χ4v) is 4.95. The third kappa shape index (κ3) is 6.93. The summed E-state index contributed by atoms with van der Waals surface area (Å²) in [5.74, 6) is 6.03. The van der Waals surface area contributed by atoms with Crippen LogP contribution in [0, 0.1) is 18.8 Å². The Kier molecular flexibility index (Phi) is 8.78. The smallest absolute Gasteiger partial charge is 0.216 e. The van der Waals surface area contributed by atoms with Crippen molar-refractivity contribution in [2.75, 3.05) is 18.8 Å². The first-order valence-corrected chi connectivity index (χ1v) is 11.5. The topological polar surface area (TPSA) is 69.6 Å². The average molecular weight is 393 g/mol. The van der Waals surface area contributed by atoms with Gasteiger partial charge in [-0.3, -0.25) is 0 Å². The van der Waals surface area contributed by atoms with Gasteiger partial charge in [0.2, 0.25) is 10.0 Å². The fraction of sp³-hybridized carbons (Fsp3) is 0.619. The van der Waals surface area contributed by atoms with Crippen molar-refractivity contribution < 1.29 is 13.6 Å². The highest BCUT2D eigenvalue weighted by Gasteiger charge is 2.30. The largest absolute Gasteiger partial charge is 0.316 e. The molecule has 1 aromatic carbocycles. The predicted molar refractivity (Wildman–Crippen MR) is 109 cm³/mol. The lowest BCUT2D eigenvalue weighted by molar-refractivity contribution is 0.152. The van der Waals surface area contributed by atoms with Crippen molar-refractivity contribution >= 4 is 10.0 Å². The summed E-state index contributed by atoms with van der Waals surface area (Å²) < 4.78 is 26.9. The molecule has 0 bridgehead atoms. The molecule has 0 amide bonds. The molecule has 1 aromatic rings. The van der Waals surface area contributed by atoms with Crippen LogP contribution in [0.5, 0.6) is 0 Å². The van der Waals surface area contributed by atoms with Crippen LogP contribution in [0.2, 0.25) is 0 Å². The molecular weight excluding hydrogens is 360 g/mol. The number of sulfonamides is 1. The van der Waals surface area contributed by atoms with Crippen LogP contribution in [0.4, 0.5) is 0 Å². The second-order valence-corrected chi connectivity index (χ2v) is 9.34. The van der Waals surface area contributed by atoms with Crippen LogP contribution in [-0.4, -0.2) is 42.8 Å². The van der Waals surface area contributed by atoms with Gasteiger partial charge in [0.15, 0.2) is 0 Å². The van der Waals surface area contributed by atoms with Gasteiger partial charge >= 0.3 is 0 Å². The molecule has 27 heavy (non-hydrogen) atoms. The number of rotatable bonds is 8. The Bertz CT molecular complexity index is 727. The van der Waals surface area contributed by atoms with E-state index in [9.17, 15) is 13.6 Å². The summed E-state index contributed by atoms with van der Waals surface area (Å²) in [5, 5.41) is 9.27. The van der Waals surface area contributed by atoms with Crippen LogP contribution in [-0.2, 0) is 10.0 Å². The van der Waals surface area contributed by atoms with Crippen LogP contribution in [0.25, 0.3) is 0 Å². The van der Waals surface area contributed by atoms with Crippen molar-refractivity contribution in [2.24, 2.45) is 0 Å². The van der Waals surface area contributed by atoms with Gasteiger partial charge in [-0.15, -0.1) is 5.92 Å². The Balaban J connectivity index is 1.88. The Hall–Kier alpha value is -1.39. The number of hydrogen-bond acceptors (Lipinski definition) is 4. The summed E-state index contributed by atoms with van der Waals surface area (Å²) in [6.45, 7) is 5.23. The summed E-state index contributed by atoms with van der Waals surface area (Å²) >= 11 is 0. The number of nitrogens with one attached hydrogen (secondary N) is 1. The molecule has 6 heteroatoms. The molecule has 1 saturated heterocycles. The summed E-state index contributed by atoms with van der Waals surface area (Å²) in [4.78, 5) is 0. The number of unbranched alkanes of at least 4 members (excludes halogenated alkanes) is 3. The minimum atomic E-state index is -3.45. The summed E-state index contributed by atoms with van der Waals surface area (Å²) in [5.41, 5.74) is 4.56. The second-order valence-electron chi connectivity index (χ2n) is 7.32. The number of nitrogens with zero attached hydrogens (tertiary/aromatic N) is 1. The van der Waals surface area contributed by atoms with Gasteiger partial charge in [-0.1, -0.05) is 55.5 Å². The number of hydrogen-bond donors (Lipinski definition) is 2. The van der Waals surface area contributed by atoms with Gasteiger partial charge in [0.25, 0.3) is 0 Å². The number of aryl methyl sites for hydroxylation is 1. The van der Waals surface area contributed by atoms with E-state index in [0.29, 0.717) is 19.0 Å². The Morgan fingerprint density at radius 3 is 2.48 bits per heavy atom. The molecule has 0 aliphatic carbocycles. The lowest BCUT2D eigenvalue weighted by atomic mass is 9.90. The van der Waals surface area contributed by atoms with Crippen molar-refractivity contribution in [1.29, 1.82) is 0 Å². The monoisotopic (exact) mass is 392 g/mol. The zero-order chi connectivity index (χ0) is 19.7. The van der Waals surface area contributed by atoms with Crippen molar-refractivity contribution in [3.63, 3.8) is 0 Å². The number of hydroxylamine groups is 1. The molecule has 0 spiro atoms. The van der Waals surface area contributed by atoms with Crippen LogP contribution in [0.15, 0.2) is 24.3 Å². The van der Waals surface area contributed by atoms with E-state index in [4.69, 9.17) is 0 Å². The van der Waals surface area contributed by atoms with E-state index in [0.717, 1.165) is 38.5 Å². The van der Waals surface area contributed by atoms with E-state index in [1.165, 1.54) is 11.1 Å². The molecule has 0 radical (unpaired) electrons. The predicted octanol–water partition coefficient (Wildman–Crippen LogP) is 3.44. The standard InChI is InChI=1S/C21H32N2O3S/c1-3-4-5-6-7-8-21(22-24)17-27(25,26)23-15-13-20(14-16-23)19-11-9-18(2)10-12-19/h9-12,20-22,24H,3-6,13-17H2,1-2H3. The first-order valence-electron chi connectivity index (χ1n) is 9.88. The van der Waals surface area contributed by atoms with Gasteiger partial charge in [-0.25, -0.2) is 12.7 Å². The van der Waals surface area contributed by atoms with Crippen LogP contribution >= 0.6 is 0 Å². The first kappa shape index (κ1) is 21.9. The average Bonchev–Trinajstić information content (AvgIpc) is 2.67. The zero-order valence-electron chi connectivity index (χ0n) is 16.4. The summed E-state index contributed by atoms with van der Waals surface area (Å²) in [6, 6.07) is 7.75. The maximum atomic E-state index is 12.7. The fourth-order valence-electron chi connectivity index (χ4n) is 3.39. The van der Waals surface area contributed by atoms with Gasteiger partial charge in [0.05, 0.1) is 5.75 Å². The van der Waals surface area contributed by atoms with Gasteiger partial charge in [0, 0.05) is 19.5 Å². The van der Waals surface area contributed by atoms with Crippen LogP contribution < -0.4 is 5.48 Å². The number of benzene rings is 1. The highest BCUT2D eigenvalue weighted by molar-refractivity contribution is 7.89. The molecule has 1 fully saturated rings. The highest BCUT2D eigenvalue weighted by atomic mass is 32.2. The molecule has 1 aliphatic heterocycles. The Morgan fingerprint density at radius 1 is 1.22 bits per heavy atom. The van der Waals surface area contributed by atoms with Gasteiger partial charge in [0.1, 0.15) is 6.04 Å². The van der Waals surface area contributed by atoms with Crippen LogP contribution in [0.3, 0.4) is 0 Å². The molecule has 1 atom stereocenters. The number of piperidine rings is 1. The molecule has 1 heterocycles. The van der Waals surface area contributed by atoms with Crippen molar-refractivity contribution in [3.05, 3.63) is 35.4 Å². The lowest BCUT2D eigenvalue weighted by Crippen LogP contribution is -2.43. The second kappa shape index (κ2) is 10.8. The molecule has 1 aliphatic rings. The van der Waals surface area contributed by atoms with Gasteiger partial charge in [-0.05, 0) is 37.7 Å². The molecular formula is C21H32N2O3S. The van der Waals surface area contributed by atoms with Crippen molar-refractivity contribution in [3.8, 4) is 11.8 Å². The Labute approximate surface area is 164 Å². The maximum absolute atomic E-state index is 12.7. The Morgan fingerprint density at radius 2 is 1.89 bits per heavy atom. The lowest BCUT2D eigenvalue weighted by Gasteiger charge is -2.32. The van der Waals surface area contributed by atoms with E-state index in [-0.39, 0.29) is 5.75 Å². The van der Waals surface area contributed by atoms with Crippen LogP contribution in [0.1, 0.15) is 62.5 Å². The first-order chi connectivity index (χ1) is 13.0.